The van der Waals surface area contributed by atoms with Crippen LogP contribution in [-0.2, 0) is 6.18 Å². The van der Waals surface area contributed by atoms with Crippen molar-refractivity contribution in [2.75, 3.05) is 12.3 Å². The third-order valence-electron chi connectivity index (χ3n) is 5.07. The number of nitrogens with two attached hydrogens (primary N) is 1. The molecule has 1 aliphatic rings. The number of carbonyl (C=O) groups is 1. The third kappa shape index (κ3) is 3.50. The Balaban J connectivity index is 1.78. The summed E-state index contributed by atoms with van der Waals surface area (Å²) in [5, 5.41) is 5.83. The van der Waals surface area contributed by atoms with E-state index in [0.717, 1.165) is 12.5 Å². The molecule has 1 saturated heterocycles. The number of fused-ring (bicyclic) bond motifs is 1. The summed E-state index contributed by atoms with van der Waals surface area (Å²) in [5.41, 5.74) is 4.89. The van der Waals surface area contributed by atoms with Crippen molar-refractivity contribution in [3.05, 3.63) is 53.0 Å². The van der Waals surface area contributed by atoms with Crippen molar-refractivity contribution in [2.45, 2.75) is 31.5 Å². The Labute approximate surface area is 162 Å². The highest BCUT2D eigenvalue weighted by atomic mass is 19.4. The number of rotatable bonds is 2. The Morgan fingerprint density at radius 3 is 2.62 bits per heavy atom. The second-order valence-electron chi connectivity index (χ2n) is 6.95. The van der Waals surface area contributed by atoms with E-state index in [4.69, 9.17) is 5.73 Å². The number of carbonyl (C=O) groups excluding carboxylic acids is 1. The van der Waals surface area contributed by atoms with Crippen molar-refractivity contribution in [3.8, 4) is 0 Å². The minimum Gasteiger partial charge on any atom is -0.383 e. The van der Waals surface area contributed by atoms with Crippen LogP contribution in [0.25, 0.3) is 11.0 Å². The van der Waals surface area contributed by atoms with E-state index in [1.54, 1.807) is 0 Å². The predicted molar refractivity (Wildman–Crippen MR) is 97.3 cm³/mol. The minimum atomic E-state index is -4.66. The molecule has 1 aromatic carbocycles. The lowest BCUT2D eigenvalue weighted by Gasteiger charge is -2.35. The van der Waals surface area contributed by atoms with Crippen molar-refractivity contribution >= 4 is 22.8 Å². The van der Waals surface area contributed by atoms with Crippen LogP contribution in [0.5, 0.6) is 0 Å². The number of pyridine rings is 1. The maximum Gasteiger partial charge on any atom is 0.417 e. The number of hydrogen-bond acceptors (Lipinski definition) is 4. The van der Waals surface area contributed by atoms with Gasteiger partial charge in [0.15, 0.2) is 5.65 Å². The number of nitrogen functional groups attached to an aromatic ring is 1. The summed E-state index contributed by atoms with van der Waals surface area (Å²) in [4.78, 5) is 18.7. The molecule has 0 saturated carbocycles. The number of nitrogens with one attached hydrogen (secondary N) is 1. The zero-order chi connectivity index (χ0) is 20.8. The van der Waals surface area contributed by atoms with Crippen LogP contribution in [0.4, 0.5) is 23.4 Å². The molecule has 3 aromatic rings. The second-order valence-corrected chi connectivity index (χ2v) is 6.95. The van der Waals surface area contributed by atoms with Crippen LogP contribution in [0, 0.1) is 5.82 Å². The first-order valence-electron chi connectivity index (χ1n) is 9.04. The Kier molecular flexibility index (Phi) is 4.64. The Hall–Kier alpha value is -3.17. The van der Waals surface area contributed by atoms with Crippen LogP contribution >= 0.6 is 0 Å². The summed E-state index contributed by atoms with van der Waals surface area (Å²) >= 11 is 0. The molecule has 4 rings (SSSR count). The fourth-order valence-electron chi connectivity index (χ4n) is 3.70. The minimum absolute atomic E-state index is 0.103. The lowest BCUT2D eigenvalue weighted by Crippen LogP contribution is -2.39. The van der Waals surface area contributed by atoms with Gasteiger partial charge in [-0.25, -0.2) is 9.37 Å². The van der Waals surface area contributed by atoms with Gasteiger partial charge in [-0.3, -0.25) is 9.89 Å². The summed E-state index contributed by atoms with van der Waals surface area (Å²) in [6.45, 7) is 0.366. The zero-order valence-electron chi connectivity index (χ0n) is 15.1. The number of H-pyrrole nitrogens is 1. The van der Waals surface area contributed by atoms with Gasteiger partial charge in [0.25, 0.3) is 5.91 Å². The molecule has 152 valence electrons. The van der Waals surface area contributed by atoms with Crippen LogP contribution in [-0.4, -0.2) is 32.5 Å². The van der Waals surface area contributed by atoms with Crippen molar-refractivity contribution in [1.82, 2.24) is 20.1 Å². The van der Waals surface area contributed by atoms with Gasteiger partial charge in [0.2, 0.25) is 0 Å². The van der Waals surface area contributed by atoms with Gasteiger partial charge in [-0.15, -0.1) is 0 Å². The van der Waals surface area contributed by atoms with E-state index in [1.165, 1.54) is 29.2 Å². The first kappa shape index (κ1) is 19.2. The van der Waals surface area contributed by atoms with Gasteiger partial charge in [-0.1, -0.05) is 0 Å². The molecule has 2 aromatic heterocycles. The molecule has 0 spiro atoms. The predicted octanol–water partition coefficient (Wildman–Crippen LogP) is 4.07. The number of nitrogens with zero attached hydrogens (tertiary/aromatic N) is 3. The maximum atomic E-state index is 13.6. The van der Waals surface area contributed by atoms with Crippen molar-refractivity contribution in [2.24, 2.45) is 0 Å². The van der Waals surface area contributed by atoms with Crippen molar-refractivity contribution in [3.63, 3.8) is 0 Å². The molecule has 1 amide bonds. The van der Waals surface area contributed by atoms with Crippen LogP contribution in [0.15, 0.2) is 30.3 Å². The molecule has 10 heteroatoms. The Bertz CT molecular complexity index is 1060. The van der Waals surface area contributed by atoms with E-state index in [0.29, 0.717) is 19.4 Å². The SMILES string of the molecule is Nc1[nH]nc2nc(C3CCCCN3C(=O)c3ccc(F)cc3)cc(C(F)(F)F)c12. The van der Waals surface area contributed by atoms with Gasteiger partial charge in [-0.2, -0.15) is 18.3 Å². The normalized spacial score (nSPS) is 17.7. The second kappa shape index (κ2) is 7.02. The number of hydrogen-bond donors (Lipinski definition) is 2. The molecule has 0 radical (unpaired) electrons. The number of halogens is 4. The number of likely N-dealkylation sites (tertiary alicyclic amines) is 1. The highest BCUT2D eigenvalue weighted by Crippen LogP contribution is 2.39. The number of alkyl halides is 3. The van der Waals surface area contributed by atoms with E-state index < -0.39 is 23.6 Å². The van der Waals surface area contributed by atoms with Crippen molar-refractivity contribution in [1.29, 1.82) is 0 Å². The number of anilines is 1. The summed E-state index contributed by atoms with van der Waals surface area (Å²) in [6.07, 6.45) is -2.74. The first-order chi connectivity index (χ1) is 13.8. The number of benzene rings is 1. The highest BCUT2D eigenvalue weighted by Gasteiger charge is 2.37. The Morgan fingerprint density at radius 2 is 1.93 bits per heavy atom. The highest BCUT2D eigenvalue weighted by molar-refractivity contribution is 5.94. The molecule has 1 atom stereocenters. The fourth-order valence-corrected chi connectivity index (χ4v) is 3.70. The summed E-state index contributed by atoms with van der Waals surface area (Å²) < 4.78 is 54.1. The third-order valence-corrected chi connectivity index (χ3v) is 5.07. The molecular formula is C19H17F4N5O. The molecule has 0 bridgehead atoms. The molecule has 1 aliphatic heterocycles. The average Bonchev–Trinajstić information content (AvgIpc) is 3.07. The van der Waals surface area contributed by atoms with E-state index in [1.807, 2.05) is 0 Å². The molecular weight excluding hydrogens is 390 g/mol. The van der Waals surface area contributed by atoms with Crippen LogP contribution < -0.4 is 5.73 Å². The Morgan fingerprint density at radius 1 is 1.21 bits per heavy atom. The first-order valence-corrected chi connectivity index (χ1v) is 9.04. The van der Waals surface area contributed by atoms with E-state index in [-0.39, 0.29) is 34.0 Å². The fraction of sp³-hybridized carbons (Fsp3) is 0.316. The number of amides is 1. The van der Waals surface area contributed by atoms with Gasteiger partial charge in [0.05, 0.1) is 22.7 Å². The van der Waals surface area contributed by atoms with Gasteiger partial charge in [0, 0.05) is 12.1 Å². The van der Waals surface area contributed by atoms with E-state index in [9.17, 15) is 22.4 Å². The molecule has 0 aliphatic carbocycles. The van der Waals surface area contributed by atoms with E-state index >= 15 is 0 Å². The average molecular weight is 407 g/mol. The smallest absolute Gasteiger partial charge is 0.383 e. The largest absolute Gasteiger partial charge is 0.417 e. The van der Waals surface area contributed by atoms with Crippen LogP contribution in [0.1, 0.15) is 46.9 Å². The number of piperidine rings is 1. The van der Waals surface area contributed by atoms with Gasteiger partial charge in [-0.05, 0) is 49.6 Å². The number of aromatic nitrogens is 3. The maximum absolute atomic E-state index is 13.6. The van der Waals surface area contributed by atoms with Crippen LogP contribution in [0.3, 0.4) is 0 Å². The molecule has 1 unspecified atom stereocenters. The topological polar surface area (TPSA) is 87.9 Å². The molecule has 3 heterocycles. The number of aromatic amines is 1. The van der Waals surface area contributed by atoms with Gasteiger partial charge in [0.1, 0.15) is 11.6 Å². The van der Waals surface area contributed by atoms with Gasteiger partial charge < -0.3 is 10.6 Å². The quantitative estimate of drug-likeness (QED) is 0.627. The summed E-state index contributed by atoms with van der Waals surface area (Å²) in [6, 6.07) is 5.35. The lowest BCUT2D eigenvalue weighted by atomic mass is 9.96. The molecule has 6 nitrogen and oxygen atoms in total. The van der Waals surface area contributed by atoms with Crippen LogP contribution in [0.2, 0.25) is 0 Å². The monoisotopic (exact) mass is 407 g/mol. The van der Waals surface area contributed by atoms with E-state index in [2.05, 4.69) is 15.2 Å². The van der Waals surface area contributed by atoms with Crippen molar-refractivity contribution < 1.29 is 22.4 Å². The standard InChI is InChI=1S/C19H17F4N5O/c20-11-6-4-10(5-7-11)18(29)28-8-2-1-3-14(28)13-9-12(19(21,22)23)15-16(24)26-27-17(15)25-13/h4-7,9,14H,1-3,8H2,(H3,24,25,26,27). The summed E-state index contributed by atoms with van der Waals surface area (Å²) in [7, 11) is 0. The molecule has 1 fully saturated rings. The summed E-state index contributed by atoms with van der Waals surface area (Å²) in [5.74, 6) is -1.07. The lowest BCUT2D eigenvalue weighted by molar-refractivity contribution is -0.136. The molecule has 29 heavy (non-hydrogen) atoms. The molecule has 3 N–H and O–H groups in total. The zero-order valence-corrected chi connectivity index (χ0v) is 15.1. The van der Waals surface area contributed by atoms with Gasteiger partial charge >= 0.3 is 6.18 Å².